The van der Waals surface area contributed by atoms with Gasteiger partial charge in [0.25, 0.3) is 6.43 Å². The summed E-state index contributed by atoms with van der Waals surface area (Å²) in [5.41, 5.74) is -2.54. The Kier molecular flexibility index (Phi) is 4.12. The van der Waals surface area contributed by atoms with Crippen LogP contribution in [0.3, 0.4) is 0 Å². The minimum atomic E-state index is -4.78. The Morgan fingerprint density at radius 1 is 1.38 bits per heavy atom. The quantitative estimate of drug-likeness (QED) is 0.575. The molecule has 0 radical (unpaired) electrons. The number of rotatable bonds is 2. The van der Waals surface area contributed by atoms with Crippen molar-refractivity contribution < 1.29 is 22.0 Å². The highest BCUT2D eigenvalue weighted by molar-refractivity contribution is 9.10. The number of aromatic nitrogens is 1. The molecule has 0 aliphatic rings. The predicted octanol–water partition coefficient (Wildman–Crippen LogP) is 4.54. The lowest BCUT2D eigenvalue weighted by Gasteiger charge is -2.15. The molecule has 0 unspecified atom stereocenters. The van der Waals surface area contributed by atoms with Crippen molar-refractivity contribution in [1.29, 1.82) is 0 Å². The maximum absolute atomic E-state index is 12.6. The molecule has 16 heavy (non-hydrogen) atoms. The fourth-order valence-corrected chi connectivity index (χ4v) is 2.01. The van der Waals surface area contributed by atoms with Gasteiger partial charge in [-0.3, -0.25) is 4.98 Å². The second-order valence-electron chi connectivity index (χ2n) is 2.78. The van der Waals surface area contributed by atoms with Crippen molar-refractivity contribution in [2.75, 3.05) is 0 Å². The van der Waals surface area contributed by atoms with Crippen LogP contribution in [0.25, 0.3) is 0 Å². The largest absolute Gasteiger partial charge is 0.419 e. The van der Waals surface area contributed by atoms with Gasteiger partial charge in [0.2, 0.25) is 0 Å². The van der Waals surface area contributed by atoms with Gasteiger partial charge in [-0.05, 0) is 15.9 Å². The Hall–Kier alpha value is -0.430. The maximum atomic E-state index is 12.6. The number of nitrogens with zero attached hydrogens (tertiary/aromatic N) is 1. The maximum Gasteiger partial charge on any atom is 0.419 e. The van der Waals surface area contributed by atoms with Crippen LogP contribution in [0.15, 0.2) is 10.7 Å². The minimum Gasteiger partial charge on any atom is -0.259 e. The van der Waals surface area contributed by atoms with Gasteiger partial charge in [0, 0.05) is 10.7 Å². The van der Waals surface area contributed by atoms with Gasteiger partial charge in [0.1, 0.15) is 0 Å². The third kappa shape index (κ3) is 2.63. The van der Waals surface area contributed by atoms with Gasteiger partial charge < -0.3 is 0 Å². The van der Waals surface area contributed by atoms with E-state index in [4.69, 9.17) is 11.6 Å². The SMILES string of the molecule is FC(F)c1cnc(CCl)c(C(F)(F)F)c1Br. The lowest BCUT2D eigenvalue weighted by Crippen LogP contribution is -2.13. The first kappa shape index (κ1) is 13.6. The zero-order valence-electron chi connectivity index (χ0n) is 7.45. The molecule has 90 valence electrons. The van der Waals surface area contributed by atoms with Crippen LogP contribution in [0.4, 0.5) is 22.0 Å². The number of halogens is 7. The van der Waals surface area contributed by atoms with Crippen molar-refractivity contribution in [3.63, 3.8) is 0 Å². The Balaban J connectivity index is 3.47. The van der Waals surface area contributed by atoms with E-state index in [1.54, 1.807) is 0 Å². The first-order chi connectivity index (χ1) is 7.29. The summed E-state index contributed by atoms with van der Waals surface area (Å²) in [6, 6.07) is 0. The van der Waals surface area contributed by atoms with E-state index in [0.717, 1.165) is 0 Å². The molecular weight excluding hydrogens is 320 g/mol. The molecule has 0 N–H and O–H groups in total. The second-order valence-corrected chi connectivity index (χ2v) is 3.84. The van der Waals surface area contributed by atoms with Crippen molar-refractivity contribution in [2.45, 2.75) is 18.5 Å². The van der Waals surface area contributed by atoms with Crippen molar-refractivity contribution in [3.8, 4) is 0 Å². The topological polar surface area (TPSA) is 12.9 Å². The fraction of sp³-hybridized carbons (Fsp3) is 0.375. The van der Waals surface area contributed by atoms with Crippen molar-refractivity contribution >= 4 is 27.5 Å². The number of hydrogen-bond acceptors (Lipinski definition) is 1. The molecule has 1 aromatic rings. The van der Waals surface area contributed by atoms with Crippen LogP contribution in [0, 0.1) is 0 Å². The molecule has 1 aromatic heterocycles. The standard InChI is InChI=1S/C8H4BrClF5N/c9-6-3(7(11)12)2-16-4(1-10)5(6)8(13,14)15/h2,7H,1H2. The molecule has 0 aliphatic heterocycles. The zero-order valence-corrected chi connectivity index (χ0v) is 9.80. The summed E-state index contributed by atoms with van der Waals surface area (Å²) in [6.45, 7) is 0. The molecule has 0 atom stereocenters. The van der Waals surface area contributed by atoms with Crippen LogP contribution in [0.5, 0.6) is 0 Å². The van der Waals surface area contributed by atoms with Crippen molar-refractivity contribution in [3.05, 3.63) is 27.5 Å². The average Bonchev–Trinajstić information content (AvgIpc) is 2.14. The molecule has 0 aromatic carbocycles. The van der Waals surface area contributed by atoms with Gasteiger partial charge in [-0.15, -0.1) is 11.6 Å². The van der Waals surface area contributed by atoms with Crippen LogP contribution < -0.4 is 0 Å². The summed E-state index contributed by atoms with van der Waals surface area (Å²) in [5.74, 6) is -0.503. The Labute approximate surface area is 101 Å². The number of hydrogen-bond donors (Lipinski definition) is 0. The summed E-state index contributed by atoms with van der Waals surface area (Å²) in [5, 5.41) is 0. The van der Waals surface area contributed by atoms with Crippen LogP contribution >= 0.6 is 27.5 Å². The van der Waals surface area contributed by atoms with E-state index < -0.39 is 39.8 Å². The highest BCUT2D eigenvalue weighted by Gasteiger charge is 2.38. The summed E-state index contributed by atoms with van der Waals surface area (Å²) in [6.07, 6.45) is -7.13. The molecule has 1 heterocycles. The van der Waals surface area contributed by atoms with E-state index in [2.05, 4.69) is 20.9 Å². The molecule has 8 heteroatoms. The van der Waals surface area contributed by atoms with E-state index in [-0.39, 0.29) is 0 Å². The van der Waals surface area contributed by atoms with Crippen LogP contribution in [-0.2, 0) is 12.1 Å². The van der Waals surface area contributed by atoms with Gasteiger partial charge in [0.15, 0.2) is 0 Å². The van der Waals surface area contributed by atoms with E-state index in [9.17, 15) is 22.0 Å². The molecule has 0 saturated carbocycles. The molecule has 0 amide bonds. The van der Waals surface area contributed by atoms with Gasteiger partial charge in [-0.2, -0.15) is 13.2 Å². The van der Waals surface area contributed by atoms with E-state index >= 15 is 0 Å². The molecule has 1 nitrogen and oxygen atoms in total. The first-order valence-corrected chi connectivity index (χ1v) is 5.20. The lowest BCUT2D eigenvalue weighted by molar-refractivity contribution is -0.139. The van der Waals surface area contributed by atoms with Crippen molar-refractivity contribution in [1.82, 2.24) is 4.98 Å². The minimum absolute atomic E-state index is 0.481. The van der Waals surface area contributed by atoms with Crippen LogP contribution in [0.1, 0.15) is 23.2 Å². The molecule has 0 fully saturated rings. The highest BCUT2D eigenvalue weighted by atomic mass is 79.9. The fourth-order valence-electron chi connectivity index (χ4n) is 1.08. The number of pyridine rings is 1. The van der Waals surface area contributed by atoms with E-state index in [0.29, 0.717) is 6.20 Å². The Morgan fingerprint density at radius 3 is 2.31 bits per heavy atom. The average molecular weight is 324 g/mol. The van der Waals surface area contributed by atoms with Crippen molar-refractivity contribution in [2.24, 2.45) is 0 Å². The monoisotopic (exact) mass is 323 g/mol. The van der Waals surface area contributed by atoms with E-state index in [1.807, 2.05) is 0 Å². The van der Waals surface area contributed by atoms with Crippen LogP contribution in [0.2, 0.25) is 0 Å². The Bertz CT molecular complexity index is 393. The molecular formula is C8H4BrClF5N. The molecule has 0 bridgehead atoms. The zero-order chi connectivity index (χ0) is 12.5. The van der Waals surface area contributed by atoms with E-state index in [1.165, 1.54) is 0 Å². The first-order valence-electron chi connectivity index (χ1n) is 3.87. The molecule has 0 spiro atoms. The number of alkyl halides is 6. The van der Waals surface area contributed by atoms with Gasteiger partial charge >= 0.3 is 6.18 Å². The molecule has 0 aliphatic carbocycles. The molecule has 1 rings (SSSR count). The normalized spacial score (nSPS) is 12.2. The summed E-state index contributed by atoms with van der Waals surface area (Å²) in [4.78, 5) is 3.28. The third-order valence-electron chi connectivity index (χ3n) is 1.77. The molecule has 0 saturated heterocycles. The lowest BCUT2D eigenvalue weighted by atomic mass is 10.1. The Morgan fingerprint density at radius 2 is 1.94 bits per heavy atom. The summed E-state index contributed by atoms with van der Waals surface area (Å²) in [7, 11) is 0. The summed E-state index contributed by atoms with van der Waals surface area (Å²) >= 11 is 7.78. The van der Waals surface area contributed by atoms with Gasteiger partial charge in [-0.25, -0.2) is 8.78 Å². The van der Waals surface area contributed by atoms with Crippen LogP contribution in [-0.4, -0.2) is 4.98 Å². The second kappa shape index (κ2) is 4.83. The smallest absolute Gasteiger partial charge is 0.259 e. The third-order valence-corrected chi connectivity index (χ3v) is 2.87. The summed E-state index contributed by atoms with van der Waals surface area (Å²) < 4.78 is 61.7. The predicted molar refractivity (Wildman–Crippen MR) is 51.5 cm³/mol. The highest BCUT2D eigenvalue weighted by Crippen LogP contribution is 2.40. The van der Waals surface area contributed by atoms with Gasteiger partial charge in [-0.1, -0.05) is 0 Å². The van der Waals surface area contributed by atoms with Gasteiger partial charge in [0.05, 0.1) is 22.7 Å².